The number of anilines is 1. The molecule has 0 aliphatic heterocycles. The van der Waals surface area contributed by atoms with Gasteiger partial charge in [0.25, 0.3) is 0 Å². The molecule has 0 amide bonds. The lowest BCUT2D eigenvalue weighted by molar-refractivity contribution is 0.104. The molecule has 2 aromatic carbocycles. The van der Waals surface area contributed by atoms with Crippen LogP contribution in [0.4, 0.5) is 5.69 Å². The van der Waals surface area contributed by atoms with Crippen LogP contribution in [0.15, 0.2) is 48.7 Å². The summed E-state index contributed by atoms with van der Waals surface area (Å²) < 4.78 is 5.26. The van der Waals surface area contributed by atoms with Crippen molar-refractivity contribution in [3.63, 3.8) is 0 Å². The topological polar surface area (TPSA) is 38.3 Å². The average Bonchev–Trinajstić information content (AvgIpc) is 2.47. The second-order valence-corrected chi connectivity index (χ2v) is 5.51. The zero-order valence-electron chi connectivity index (χ0n) is 12.2. The van der Waals surface area contributed by atoms with Crippen LogP contribution in [0.5, 0.6) is 5.75 Å². The van der Waals surface area contributed by atoms with Gasteiger partial charge in [-0.2, -0.15) is 0 Å². The number of aryl methyl sites for hydroxylation is 1. The number of nitrogens with one attached hydrogen (secondary N) is 1. The molecule has 3 nitrogen and oxygen atoms in total. The van der Waals surface area contributed by atoms with Crippen molar-refractivity contribution in [1.82, 2.24) is 0 Å². The van der Waals surface area contributed by atoms with Gasteiger partial charge in [-0.1, -0.05) is 29.3 Å². The van der Waals surface area contributed by atoms with Crippen molar-refractivity contribution in [2.45, 2.75) is 6.92 Å². The monoisotopic (exact) mass is 335 g/mol. The van der Waals surface area contributed by atoms with Gasteiger partial charge in [-0.05, 0) is 42.8 Å². The highest BCUT2D eigenvalue weighted by Gasteiger charge is 2.08. The smallest absolute Gasteiger partial charge is 0.188 e. The molecule has 0 saturated heterocycles. The molecule has 2 rings (SSSR count). The molecule has 22 heavy (non-hydrogen) atoms. The van der Waals surface area contributed by atoms with Crippen molar-refractivity contribution in [3.8, 4) is 5.75 Å². The first-order valence-electron chi connectivity index (χ1n) is 6.58. The number of carbonyl (C=O) groups excluding carboxylic acids is 1. The standard InChI is InChI=1S/C17H15Cl2NO2/c1-11-3-6-17(22-2)15(9-11)20-8-7-16(21)13-5-4-12(18)10-14(13)19/h3-10,20H,1-2H3/b8-7+. The summed E-state index contributed by atoms with van der Waals surface area (Å²) in [6.45, 7) is 1.98. The summed E-state index contributed by atoms with van der Waals surface area (Å²) in [6, 6.07) is 10.5. The lowest BCUT2D eigenvalue weighted by Crippen LogP contribution is -1.98. The Morgan fingerprint density at radius 2 is 1.95 bits per heavy atom. The highest BCUT2D eigenvalue weighted by molar-refractivity contribution is 6.37. The minimum atomic E-state index is -0.208. The second-order valence-electron chi connectivity index (χ2n) is 4.67. The Hall–Kier alpha value is -1.97. The number of ketones is 1. The van der Waals surface area contributed by atoms with Crippen LogP contribution in [0.2, 0.25) is 10.0 Å². The highest BCUT2D eigenvalue weighted by Crippen LogP contribution is 2.25. The Kier molecular flexibility index (Phi) is 5.47. The third-order valence-electron chi connectivity index (χ3n) is 3.03. The zero-order chi connectivity index (χ0) is 16.1. The number of ether oxygens (including phenoxy) is 1. The lowest BCUT2D eigenvalue weighted by atomic mass is 10.1. The number of hydrogen-bond donors (Lipinski definition) is 1. The van der Waals surface area contributed by atoms with E-state index in [0.29, 0.717) is 21.4 Å². The summed E-state index contributed by atoms with van der Waals surface area (Å²) in [5.41, 5.74) is 2.28. The number of allylic oxidation sites excluding steroid dienone is 1. The molecule has 0 fully saturated rings. The SMILES string of the molecule is COc1ccc(C)cc1N/C=C/C(=O)c1ccc(Cl)cc1Cl. The van der Waals surface area contributed by atoms with Crippen LogP contribution in [0.1, 0.15) is 15.9 Å². The van der Waals surface area contributed by atoms with E-state index < -0.39 is 0 Å². The summed E-state index contributed by atoms with van der Waals surface area (Å²) in [4.78, 5) is 12.1. The Labute approximate surface area is 139 Å². The summed E-state index contributed by atoms with van der Waals surface area (Å²) in [5.74, 6) is 0.494. The Morgan fingerprint density at radius 1 is 1.18 bits per heavy atom. The van der Waals surface area contributed by atoms with E-state index in [1.165, 1.54) is 6.08 Å². The maximum absolute atomic E-state index is 12.1. The first kappa shape index (κ1) is 16.4. The van der Waals surface area contributed by atoms with Crippen molar-refractivity contribution in [2.75, 3.05) is 12.4 Å². The first-order chi connectivity index (χ1) is 10.5. The van der Waals surface area contributed by atoms with Crippen molar-refractivity contribution in [2.24, 2.45) is 0 Å². The fourth-order valence-electron chi connectivity index (χ4n) is 1.92. The summed E-state index contributed by atoms with van der Waals surface area (Å²) >= 11 is 11.8. The number of rotatable bonds is 5. The summed E-state index contributed by atoms with van der Waals surface area (Å²) in [6.07, 6.45) is 2.97. The fraction of sp³-hybridized carbons (Fsp3) is 0.118. The molecule has 0 heterocycles. The largest absolute Gasteiger partial charge is 0.495 e. The molecule has 0 unspecified atom stereocenters. The van der Waals surface area contributed by atoms with Crippen LogP contribution < -0.4 is 10.1 Å². The van der Waals surface area contributed by atoms with Gasteiger partial charge < -0.3 is 10.1 Å². The Morgan fingerprint density at radius 3 is 2.64 bits per heavy atom. The van der Waals surface area contributed by atoms with Crippen LogP contribution in [-0.4, -0.2) is 12.9 Å². The molecular formula is C17H15Cl2NO2. The normalized spacial score (nSPS) is 10.7. The van der Waals surface area contributed by atoms with Gasteiger partial charge in [0, 0.05) is 22.9 Å². The van der Waals surface area contributed by atoms with E-state index in [1.807, 2.05) is 25.1 Å². The maximum Gasteiger partial charge on any atom is 0.188 e. The predicted molar refractivity (Wildman–Crippen MR) is 91.3 cm³/mol. The second kappa shape index (κ2) is 7.34. The maximum atomic E-state index is 12.1. The van der Waals surface area contributed by atoms with Gasteiger partial charge in [-0.3, -0.25) is 4.79 Å². The zero-order valence-corrected chi connectivity index (χ0v) is 13.7. The lowest BCUT2D eigenvalue weighted by Gasteiger charge is -2.08. The molecule has 0 spiro atoms. The first-order valence-corrected chi connectivity index (χ1v) is 7.34. The number of benzene rings is 2. The van der Waals surface area contributed by atoms with Crippen LogP contribution >= 0.6 is 23.2 Å². The molecule has 0 aromatic heterocycles. The molecule has 0 aliphatic rings. The van der Waals surface area contributed by atoms with E-state index in [4.69, 9.17) is 27.9 Å². The van der Waals surface area contributed by atoms with Crippen LogP contribution in [0.3, 0.4) is 0 Å². The van der Waals surface area contributed by atoms with Crippen molar-refractivity contribution < 1.29 is 9.53 Å². The van der Waals surface area contributed by atoms with Crippen LogP contribution in [0.25, 0.3) is 0 Å². The predicted octanol–water partition coefficient (Wildman–Crippen LogP) is 5.12. The summed E-state index contributed by atoms with van der Waals surface area (Å²) in [7, 11) is 1.60. The molecule has 2 aromatic rings. The highest BCUT2D eigenvalue weighted by atomic mass is 35.5. The number of carbonyl (C=O) groups is 1. The van der Waals surface area contributed by atoms with Crippen LogP contribution in [0, 0.1) is 6.92 Å². The van der Waals surface area contributed by atoms with E-state index in [2.05, 4.69) is 5.32 Å². The third-order valence-corrected chi connectivity index (χ3v) is 3.57. The number of halogens is 2. The van der Waals surface area contributed by atoms with E-state index in [9.17, 15) is 4.79 Å². The van der Waals surface area contributed by atoms with Crippen molar-refractivity contribution >= 4 is 34.7 Å². The van der Waals surface area contributed by atoms with Crippen molar-refractivity contribution in [3.05, 3.63) is 69.8 Å². The van der Waals surface area contributed by atoms with Gasteiger partial charge in [-0.25, -0.2) is 0 Å². The molecule has 0 saturated carbocycles. The van der Waals surface area contributed by atoms with Gasteiger partial charge in [-0.15, -0.1) is 0 Å². The molecule has 1 N–H and O–H groups in total. The average molecular weight is 336 g/mol. The van der Waals surface area contributed by atoms with Crippen LogP contribution in [-0.2, 0) is 0 Å². The molecule has 5 heteroatoms. The number of methoxy groups -OCH3 is 1. The Balaban J connectivity index is 2.12. The molecule has 0 bridgehead atoms. The minimum absolute atomic E-state index is 0.208. The molecular weight excluding hydrogens is 321 g/mol. The van der Waals surface area contributed by atoms with Gasteiger partial charge in [0.15, 0.2) is 5.78 Å². The molecule has 114 valence electrons. The van der Waals surface area contributed by atoms with E-state index in [1.54, 1.807) is 31.5 Å². The minimum Gasteiger partial charge on any atom is -0.495 e. The van der Waals surface area contributed by atoms with Gasteiger partial charge in [0.1, 0.15) is 5.75 Å². The number of hydrogen-bond acceptors (Lipinski definition) is 3. The molecule has 0 atom stereocenters. The van der Waals surface area contributed by atoms with Crippen molar-refractivity contribution in [1.29, 1.82) is 0 Å². The van der Waals surface area contributed by atoms with Gasteiger partial charge in [0.2, 0.25) is 0 Å². The van der Waals surface area contributed by atoms with E-state index in [0.717, 1.165) is 11.3 Å². The third kappa shape index (κ3) is 4.03. The Bertz CT molecular complexity index is 727. The van der Waals surface area contributed by atoms with E-state index in [-0.39, 0.29) is 5.78 Å². The molecule has 0 radical (unpaired) electrons. The van der Waals surface area contributed by atoms with E-state index >= 15 is 0 Å². The quantitative estimate of drug-likeness (QED) is 0.608. The van der Waals surface area contributed by atoms with Gasteiger partial charge >= 0.3 is 0 Å². The van der Waals surface area contributed by atoms with Gasteiger partial charge in [0.05, 0.1) is 17.8 Å². The fourth-order valence-corrected chi connectivity index (χ4v) is 2.42. The summed E-state index contributed by atoms with van der Waals surface area (Å²) in [5, 5.41) is 3.86. The molecule has 0 aliphatic carbocycles.